The Morgan fingerprint density at radius 2 is 2.12 bits per heavy atom. The Morgan fingerprint density at radius 3 is 2.92 bits per heavy atom. The van der Waals surface area contributed by atoms with Crippen LogP contribution in [0.4, 0.5) is 10.5 Å². The van der Waals surface area contributed by atoms with Crippen LogP contribution in [0.2, 0.25) is 0 Å². The van der Waals surface area contributed by atoms with Gasteiger partial charge in [-0.3, -0.25) is 4.84 Å². The van der Waals surface area contributed by atoms with Crippen LogP contribution in [0.3, 0.4) is 0 Å². The van der Waals surface area contributed by atoms with Gasteiger partial charge in [-0.05, 0) is 42.3 Å². The molecule has 0 saturated heterocycles. The van der Waals surface area contributed by atoms with Crippen LogP contribution in [0.1, 0.15) is 16.1 Å². The second-order valence-corrected chi connectivity index (χ2v) is 6.68. The molecule has 0 atom stereocenters. The first-order chi connectivity index (χ1) is 11.5. The number of carbonyl (C=O) groups is 1. The number of hydrogen-bond acceptors (Lipinski definition) is 4. The van der Waals surface area contributed by atoms with E-state index >= 15 is 0 Å². The fraction of sp³-hybridized carbons (Fsp3) is 0.222. The number of carbonyl (C=O) groups excluding carboxylic acids is 1. The van der Waals surface area contributed by atoms with Gasteiger partial charge in [-0.15, -0.1) is 11.3 Å². The van der Waals surface area contributed by atoms with Gasteiger partial charge in [-0.1, -0.05) is 18.2 Å². The predicted molar refractivity (Wildman–Crippen MR) is 97.4 cm³/mol. The van der Waals surface area contributed by atoms with Crippen molar-refractivity contribution in [1.82, 2.24) is 10.0 Å². The number of nitrogens with zero attached hydrogens (tertiary/aromatic N) is 2. The molecule has 0 aliphatic rings. The molecule has 1 heterocycles. The molecule has 24 heavy (non-hydrogen) atoms. The highest BCUT2D eigenvalue weighted by Crippen LogP contribution is 2.25. The van der Waals surface area contributed by atoms with Gasteiger partial charge in [0, 0.05) is 19.2 Å². The minimum Gasteiger partial charge on any atom is -0.306 e. The summed E-state index contributed by atoms with van der Waals surface area (Å²) in [5.41, 5.74) is 4.09. The Kier molecular flexibility index (Phi) is 4.78. The lowest BCUT2D eigenvalue weighted by Gasteiger charge is -2.14. The molecule has 0 fully saturated rings. The summed E-state index contributed by atoms with van der Waals surface area (Å²) in [4.78, 5) is 21.4. The minimum absolute atomic E-state index is 0.315. The Balaban J connectivity index is 1.77. The highest BCUT2D eigenvalue weighted by molar-refractivity contribution is 7.18. The Labute approximate surface area is 144 Å². The van der Waals surface area contributed by atoms with E-state index in [4.69, 9.17) is 9.82 Å². The van der Waals surface area contributed by atoms with Crippen molar-refractivity contribution in [3.8, 4) is 0 Å². The molecule has 0 aliphatic carbocycles. The lowest BCUT2D eigenvalue weighted by Crippen LogP contribution is -2.30. The molecule has 0 radical (unpaired) electrons. The lowest BCUT2D eigenvalue weighted by atomic mass is 10.1. The standard InChI is InChI=1S/C18H19N3O2S/c1-12-7-8-16-15(9-12)20-17(24-16)11-13-5-4-6-14(10-13)19-18(22)21(2)23-3/h4-10H,11H2,1-3H3,(H,19,22). The number of benzene rings is 2. The molecule has 0 spiro atoms. The van der Waals surface area contributed by atoms with Gasteiger partial charge in [0.25, 0.3) is 0 Å². The molecule has 124 valence electrons. The van der Waals surface area contributed by atoms with Crippen molar-refractivity contribution in [3.63, 3.8) is 0 Å². The molecule has 2 aromatic carbocycles. The second-order valence-electron chi connectivity index (χ2n) is 5.57. The number of rotatable bonds is 4. The van der Waals surface area contributed by atoms with Crippen molar-refractivity contribution < 1.29 is 9.63 Å². The average Bonchev–Trinajstić information content (AvgIpc) is 2.95. The molecule has 5 nitrogen and oxygen atoms in total. The first-order valence-corrected chi connectivity index (χ1v) is 8.40. The van der Waals surface area contributed by atoms with Crippen molar-refractivity contribution in [3.05, 3.63) is 58.6 Å². The topological polar surface area (TPSA) is 54.5 Å². The summed E-state index contributed by atoms with van der Waals surface area (Å²) in [6.07, 6.45) is 0.738. The van der Waals surface area contributed by atoms with Crippen LogP contribution in [0, 0.1) is 6.92 Å². The van der Waals surface area contributed by atoms with E-state index in [0.29, 0.717) is 0 Å². The van der Waals surface area contributed by atoms with Gasteiger partial charge >= 0.3 is 6.03 Å². The first-order valence-electron chi connectivity index (χ1n) is 7.59. The van der Waals surface area contributed by atoms with E-state index in [0.717, 1.165) is 33.3 Å². The quantitative estimate of drug-likeness (QED) is 0.723. The van der Waals surface area contributed by atoms with Crippen LogP contribution in [0.25, 0.3) is 10.2 Å². The second kappa shape index (κ2) is 6.98. The number of thiazole rings is 1. The number of aromatic nitrogens is 1. The van der Waals surface area contributed by atoms with Crippen LogP contribution in [-0.4, -0.2) is 30.2 Å². The van der Waals surface area contributed by atoms with E-state index < -0.39 is 0 Å². The van der Waals surface area contributed by atoms with Crippen LogP contribution >= 0.6 is 11.3 Å². The minimum atomic E-state index is -0.315. The molecule has 0 bridgehead atoms. The summed E-state index contributed by atoms with van der Waals surface area (Å²) in [6.45, 7) is 2.07. The van der Waals surface area contributed by atoms with Crippen molar-refractivity contribution in [2.45, 2.75) is 13.3 Å². The average molecular weight is 341 g/mol. The first kappa shape index (κ1) is 16.4. The van der Waals surface area contributed by atoms with Gasteiger partial charge in [0.1, 0.15) is 0 Å². The Bertz CT molecular complexity index is 876. The molecule has 0 aliphatic heterocycles. The number of nitrogens with one attached hydrogen (secondary N) is 1. The van der Waals surface area contributed by atoms with E-state index in [-0.39, 0.29) is 6.03 Å². The zero-order valence-corrected chi connectivity index (χ0v) is 14.7. The summed E-state index contributed by atoms with van der Waals surface area (Å²) in [5, 5.41) is 5.00. The number of urea groups is 1. The third-order valence-electron chi connectivity index (χ3n) is 3.68. The molecule has 1 N–H and O–H groups in total. The van der Waals surface area contributed by atoms with Gasteiger partial charge in [-0.2, -0.15) is 0 Å². The molecule has 2 amide bonds. The van der Waals surface area contributed by atoms with Gasteiger partial charge < -0.3 is 5.32 Å². The normalized spacial score (nSPS) is 10.8. The summed E-state index contributed by atoms with van der Waals surface area (Å²) in [7, 11) is 3.01. The maximum absolute atomic E-state index is 11.8. The zero-order chi connectivity index (χ0) is 17.1. The predicted octanol–water partition coefficient (Wildman–Crippen LogP) is 4.22. The largest absolute Gasteiger partial charge is 0.345 e. The summed E-state index contributed by atoms with van der Waals surface area (Å²) >= 11 is 1.70. The fourth-order valence-electron chi connectivity index (χ4n) is 2.38. The summed E-state index contributed by atoms with van der Waals surface area (Å²) in [5.74, 6) is 0. The number of amides is 2. The summed E-state index contributed by atoms with van der Waals surface area (Å²) < 4.78 is 1.20. The third-order valence-corrected chi connectivity index (χ3v) is 4.72. The van der Waals surface area contributed by atoms with Crippen molar-refractivity contribution >= 4 is 33.3 Å². The molecule has 1 aromatic heterocycles. The van der Waals surface area contributed by atoms with Crippen LogP contribution < -0.4 is 5.32 Å². The molecule has 0 saturated carbocycles. The van der Waals surface area contributed by atoms with Gasteiger partial charge in [0.05, 0.1) is 22.3 Å². The van der Waals surface area contributed by atoms with Crippen LogP contribution in [0.5, 0.6) is 0 Å². The fourth-order valence-corrected chi connectivity index (χ4v) is 3.36. The maximum atomic E-state index is 11.8. The van der Waals surface area contributed by atoms with E-state index in [9.17, 15) is 4.79 Å². The zero-order valence-electron chi connectivity index (χ0n) is 13.9. The van der Waals surface area contributed by atoms with Crippen LogP contribution in [-0.2, 0) is 11.3 Å². The van der Waals surface area contributed by atoms with Gasteiger partial charge in [-0.25, -0.2) is 14.8 Å². The lowest BCUT2D eigenvalue weighted by molar-refractivity contribution is -0.0598. The molecule has 0 unspecified atom stereocenters. The highest BCUT2D eigenvalue weighted by atomic mass is 32.1. The number of fused-ring (bicyclic) bond motifs is 1. The Hall–Kier alpha value is -2.44. The monoisotopic (exact) mass is 341 g/mol. The summed E-state index contributed by atoms with van der Waals surface area (Å²) in [6, 6.07) is 13.8. The van der Waals surface area contributed by atoms with E-state index in [1.807, 2.05) is 24.3 Å². The number of aryl methyl sites for hydroxylation is 1. The number of anilines is 1. The molecular formula is C18H19N3O2S. The van der Waals surface area contributed by atoms with Crippen LogP contribution in [0.15, 0.2) is 42.5 Å². The SMILES string of the molecule is CON(C)C(=O)Nc1cccc(Cc2nc3cc(C)ccc3s2)c1. The van der Waals surface area contributed by atoms with E-state index in [1.54, 1.807) is 18.4 Å². The van der Waals surface area contributed by atoms with Gasteiger partial charge in [0.15, 0.2) is 0 Å². The maximum Gasteiger partial charge on any atom is 0.345 e. The molecule has 3 aromatic rings. The van der Waals surface area contributed by atoms with E-state index in [1.165, 1.54) is 17.4 Å². The molecule has 3 rings (SSSR count). The third kappa shape index (κ3) is 3.72. The van der Waals surface area contributed by atoms with E-state index in [2.05, 4.69) is 30.4 Å². The number of hydroxylamine groups is 2. The van der Waals surface area contributed by atoms with Crippen molar-refractivity contribution in [1.29, 1.82) is 0 Å². The van der Waals surface area contributed by atoms with Gasteiger partial charge in [0.2, 0.25) is 0 Å². The number of hydrogen-bond donors (Lipinski definition) is 1. The highest BCUT2D eigenvalue weighted by Gasteiger charge is 2.09. The van der Waals surface area contributed by atoms with Crippen molar-refractivity contribution in [2.24, 2.45) is 0 Å². The Morgan fingerprint density at radius 1 is 1.29 bits per heavy atom. The molecular weight excluding hydrogens is 322 g/mol. The van der Waals surface area contributed by atoms with Crippen molar-refractivity contribution in [2.75, 3.05) is 19.5 Å². The smallest absolute Gasteiger partial charge is 0.306 e. The molecule has 6 heteroatoms.